The van der Waals surface area contributed by atoms with E-state index in [1.165, 1.54) is 12.1 Å². The number of methoxy groups -OCH3 is 1. The third-order valence-corrected chi connectivity index (χ3v) is 4.44. The Morgan fingerprint density at radius 2 is 1.92 bits per heavy atom. The molecule has 1 saturated carbocycles. The van der Waals surface area contributed by atoms with E-state index < -0.39 is 6.04 Å². The molecule has 2 aromatic rings. The maximum absolute atomic E-state index is 13.0. The van der Waals surface area contributed by atoms with Crippen molar-refractivity contribution in [2.75, 3.05) is 13.7 Å². The summed E-state index contributed by atoms with van der Waals surface area (Å²) in [7, 11) is 1.59. The highest BCUT2D eigenvalue weighted by Gasteiger charge is 2.44. The first-order valence-corrected chi connectivity index (χ1v) is 7.93. The molecule has 0 aromatic heterocycles. The van der Waals surface area contributed by atoms with Crippen LogP contribution in [0.5, 0.6) is 5.75 Å². The van der Waals surface area contributed by atoms with Gasteiger partial charge in [0.2, 0.25) is 5.91 Å². The first kappa shape index (κ1) is 16.5. The van der Waals surface area contributed by atoms with E-state index >= 15 is 0 Å². The molecule has 1 unspecified atom stereocenters. The maximum atomic E-state index is 13.0. The van der Waals surface area contributed by atoms with Crippen molar-refractivity contribution in [2.45, 2.75) is 18.4 Å². The molecule has 0 spiro atoms. The molecule has 4 nitrogen and oxygen atoms in total. The van der Waals surface area contributed by atoms with Crippen molar-refractivity contribution < 1.29 is 19.0 Å². The van der Waals surface area contributed by atoms with Gasteiger partial charge in [-0.15, -0.1) is 0 Å². The summed E-state index contributed by atoms with van der Waals surface area (Å²) in [5, 5.41) is 12.5. The fraction of sp³-hybridized carbons (Fsp3) is 0.316. The van der Waals surface area contributed by atoms with Crippen LogP contribution in [0, 0.1) is 11.7 Å². The molecule has 3 rings (SSSR count). The van der Waals surface area contributed by atoms with Crippen molar-refractivity contribution in [3.63, 3.8) is 0 Å². The van der Waals surface area contributed by atoms with Gasteiger partial charge in [-0.25, -0.2) is 4.39 Å². The highest BCUT2D eigenvalue weighted by atomic mass is 19.1. The summed E-state index contributed by atoms with van der Waals surface area (Å²) < 4.78 is 18.1. The molecule has 2 aromatic carbocycles. The van der Waals surface area contributed by atoms with Crippen molar-refractivity contribution in [1.82, 2.24) is 5.32 Å². The number of aliphatic hydroxyl groups excluding tert-OH is 1. The van der Waals surface area contributed by atoms with Gasteiger partial charge in [0, 0.05) is 5.92 Å². The minimum atomic E-state index is -0.446. The summed E-state index contributed by atoms with van der Waals surface area (Å²) >= 11 is 0. The monoisotopic (exact) mass is 329 g/mol. The zero-order valence-corrected chi connectivity index (χ0v) is 13.4. The van der Waals surface area contributed by atoms with Gasteiger partial charge >= 0.3 is 0 Å². The number of rotatable bonds is 6. The third kappa shape index (κ3) is 3.57. The molecule has 0 bridgehead atoms. The van der Waals surface area contributed by atoms with Crippen LogP contribution < -0.4 is 10.1 Å². The molecule has 1 aliphatic rings. The van der Waals surface area contributed by atoms with Crippen molar-refractivity contribution in [1.29, 1.82) is 0 Å². The molecule has 5 heteroatoms. The maximum Gasteiger partial charge on any atom is 0.224 e. The van der Waals surface area contributed by atoms with E-state index in [4.69, 9.17) is 4.74 Å². The number of carbonyl (C=O) groups excluding carboxylic acids is 1. The SMILES string of the molecule is COc1ccc(C(CO)NC(=O)[C@H]2C[C@@H]2c2ccc(F)cc2)cc1. The minimum Gasteiger partial charge on any atom is -0.497 e. The number of hydrogen-bond donors (Lipinski definition) is 2. The van der Waals surface area contributed by atoms with Gasteiger partial charge in [0.05, 0.1) is 19.8 Å². The molecule has 1 aliphatic carbocycles. The van der Waals surface area contributed by atoms with E-state index in [9.17, 15) is 14.3 Å². The minimum absolute atomic E-state index is 0.0841. The molecule has 0 radical (unpaired) electrons. The van der Waals surface area contributed by atoms with Crippen LogP contribution in [0.2, 0.25) is 0 Å². The van der Waals surface area contributed by atoms with Crippen molar-refractivity contribution in [3.05, 3.63) is 65.5 Å². The lowest BCUT2D eigenvalue weighted by molar-refractivity contribution is -0.123. The average molecular weight is 329 g/mol. The Balaban J connectivity index is 1.62. The van der Waals surface area contributed by atoms with Crippen LogP contribution >= 0.6 is 0 Å². The van der Waals surface area contributed by atoms with Crippen LogP contribution in [0.3, 0.4) is 0 Å². The zero-order chi connectivity index (χ0) is 17.1. The number of carbonyl (C=O) groups is 1. The van der Waals surface area contributed by atoms with Gasteiger partial charge in [-0.1, -0.05) is 24.3 Å². The lowest BCUT2D eigenvalue weighted by atomic mass is 10.1. The number of halogens is 1. The van der Waals surface area contributed by atoms with Gasteiger partial charge in [-0.2, -0.15) is 0 Å². The first-order chi connectivity index (χ1) is 11.6. The predicted octanol–water partition coefficient (Wildman–Crippen LogP) is 2.79. The Morgan fingerprint density at radius 3 is 2.50 bits per heavy atom. The second-order valence-corrected chi connectivity index (χ2v) is 6.02. The first-order valence-electron chi connectivity index (χ1n) is 7.93. The van der Waals surface area contributed by atoms with Crippen LogP contribution in [0.15, 0.2) is 48.5 Å². The average Bonchev–Trinajstić information content (AvgIpc) is 3.41. The molecular formula is C19H20FNO3. The van der Waals surface area contributed by atoms with Gasteiger partial charge in [0.25, 0.3) is 0 Å². The predicted molar refractivity (Wildman–Crippen MR) is 88.2 cm³/mol. The van der Waals surface area contributed by atoms with E-state index in [2.05, 4.69) is 5.32 Å². The van der Waals surface area contributed by atoms with Crippen LogP contribution in [-0.2, 0) is 4.79 Å². The lowest BCUT2D eigenvalue weighted by Gasteiger charge is -2.17. The zero-order valence-electron chi connectivity index (χ0n) is 13.4. The largest absolute Gasteiger partial charge is 0.497 e. The second kappa shape index (κ2) is 7.01. The topological polar surface area (TPSA) is 58.6 Å². The van der Waals surface area contributed by atoms with Gasteiger partial charge in [0.1, 0.15) is 11.6 Å². The standard InChI is InChI=1S/C19H20FNO3/c1-24-15-8-4-13(5-9-15)18(11-22)21-19(23)17-10-16(17)12-2-6-14(20)7-3-12/h2-9,16-18,22H,10-11H2,1H3,(H,21,23)/t16-,17+,18?/m1/s1. The normalized spacial score (nSPS) is 20.3. The molecular weight excluding hydrogens is 309 g/mol. The number of amides is 1. The van der Waals surface area contributed by atoms with Crippen LogP contribution in [0.1, 0.15) is 29.5 Å². The van der Waals surface area contributed by atoms with E-state index in [0.717, 1.165) is 23.3 Å². The molecule has 0 aliphatic heterocycles. The fourth-order valence-corrected chi connectivity index (χ4v) is 2.91. The summed E-state index contributed by atoms with van der Waals surface area (Å²) in [5.74, 6) is 0.364. The van der Waals surface area contributed by atoms with Gasteiger partial charge < -0.3 is 15.2 Å². The Hall–Kier alpha value is -2.40. The van der Waals surface area contributed by atoms with Gasteiger partial charge in [-0.3, -0.25) is 4.79 Å². The van der Waals surface area contributed by atoms with Gasteiger partial charge in [-0.05, 0) is 47.7 Å². The van der Waals surface area contributed by atoms with Crippen LogP contribution in [-0.4, -0.2) is 24.7 Å². The molecule has 0 heterocycles. The Morgan fingerprint density at radius 1 is 1.25 bits per heavy atom. The number of hydrogen-bond acceptors (Lipinski definition) is 3. The van der Waals surface area contributed by atoms with Crippen LogP contribution in [0.25, 0.3) is 0 Å². The second-order valence-electron chi connectivity index (χ2n) is 6.02. The summed E-state index contributed by atoms with van der Waals surface area (Å²) in [6.07, 6.45) is 0.748. The van der Waals surface area contributed by atoms with E-state index in [1.807, 2.05) is 12.1 Å². The molecule has 3 atom stereocenters. The van der Waals surface area contributed by atoms with E-state index in [1.54, 1.807) is 31.4 Å². The molecule has 2 N–H and O–H groups in total. The molecule has 1 fully saturated rings. The Labute approximate surface area is 140 Å². The fourth-order valence-electron chi connectivity index (χ4n) is 2.91. The van der Waals surface area contributed by atoms with Crippen LogP contribution in [0.4, 0.5) is 4.39 Å². The highest BCUT2D eigenvalue weighted by molar-refractivity contribution is 5.83. The van der Waals surface area contributed by atoms with Gasteiger partial charge in [0.15, 0.2) is 0 Å². The Bertz CT molecular complexity index is 700. The number of nitrogens with one attached hydrogen (secondary N) is 1. The molecule has 24 heavy (non-hydrogen) atoms. The number of ether oxygens (including phenoxy) is 1. The quantitative estimate of drug-likeness (QED) is 0.857. The molecule has 0 saturated heterocycles. The summed E-state index contributed by atoms with van der Waals surface area (Å²) in [6.45, 7) is -0.175. The summed E-state index contributed by atoms with van der Waals surface area (Å²) in [6, 6.07) is 13.1. The van der Waals surface area contributed by atoms with Crippen molar-refractivity contribution in [2.24, 2.45) is 5.92 Å². The number of aliphatic hydroxyl groups is 1. The van der Waals surface area contributed by atoms with Crippen molar-refractivity contribution >= 4 is 5.91 Å². The molecule has 126 valence electrons. The third-order valence-electron chi connectivity index (χ3n) is 4.44. The molecule has 1 amide bonds. The van der Waals surface area contributed by atoms with Crippen molar-refractivity contribution in [3.8, 4) is 5.75 Å². The smallest absolute Gasteiger partial charge is 0.224 e. The lowest BCUT2D eigenvalue weighted by Crippen LogP contribution is -2.32. The summed E-state index contributed by atoms with van der Waals surface area (Å²) in [4.78, 5) is 12.4. The summed E-state index contributed by atoms with van der Waals surface area (Å²) in [5.41, 5.74) is 1.80. The number of benzene rings is 2. The Kier molecular flexibility index (Phi) is 4.81. The van der Waals surface area contributed by atoms with E-state index in [0.29, 0.717) is 0 Å². The highest BCUT2D eigenvalue weighted by Crippen LogP contribution is 2.47. The van der Waals surface area contributed by atoms with E-state index in [-0.39, 0.29) is 30.2 Å².